The number of nitrogens with zero attached hydrogens (tertiary/aromatic N) is 3. The topological polar surface area (TPSA) is 36.4 Å². The van der Waals surface area contributed by atoms with Crippen LogP contribution < -0.4 is 4.90 Å². The highest BCUT2D eigenvalue weighted by Gasteiger charge is 2.14. The molecule has 0 aliphatic heterocycles. The zero-order valence-corrected chi connectivity index (χ0v) is 14.0. The normalized spacial score (nSPS) is 10.7. The standard InChI is InChI=1S/C19H25N3O/c1-3-22(18-7-5-4-6-8-18)19(23)12-16-21(2)15-11-17-9-13-20-14-10-17/h4-10,13-14H,3,11-12,15-16H2,1-2H3. The first-order valence-corrected chi connectivity index (χ1v) is 8.13. The summed E-state index contributed by atoms with van der Waals surface area (Å²) >= 11 is 0. The second kappa shape index (κ2) is 9.06. The minimum absolute atomic E-state index is 0.175. The highest BCUT2D eigenvalue weighted by atomic mass is 16.2. The van der Waals surface area contributed by atoms with Gasteiger partial charge in [0.2, 0.25) is 5.91 Å². The van der Waals surface area contributed by atoms with E-state index >= 15 is 0 Å². The molecule has 0 aliphatic carbocycles. The molecule has 2 rings (SSSR count). The van der Waals surface area contributed by atoms with E-state index in [2.05, 4.69) is 16.9 Å². The summed E-state index contributed by atoms with van der Waals surface area (Å²) in [5, 5.41) is 0. The van der Waals surface area contributed by atoms with E-state index in [4.69, 9.17) is 0 Å². The first-order valence-electron chi connectivity index (χ1n) is 8.13. The number of pyridine rings is 1. The van der Waals surface area contributed by atoms with Crippen LogP contribution in [0.5, 0.6) is 0 Å². The highest BCUT2D eigenvalue weighted by molar-refractivity contribution is 5.93. The van der Waals surface area contributed by atoms with E-state index in [1.165, 1.54) is 5.56 Å². The van der Waals surface area contributed by atoms with E-state index in [0.29, 0.717) is 13.0 Å². The lowest BCUT2D eigenvalue weighted by atomic mass is 10.2. The van der Waals surface area contributed by atoms with Gasteiger partial charge in [0, 0.05) is 44.1 Å². The molecule has 0 radical (unpaired) electrons. The van der Waals surface area contributed by atoms with Gasteiger partial charge in [0.15, 0.2) is 0 Å². The maximum atomic E-state index is 12.4. The lowest BCUT2D eigenvalue weighted by Crippen LogP contribution is -2.34. The van der Waals surface area contributed by atoms with Gasteiger partial charge in [0.05, 0.1) is 0 Å². The minimum Gasteiger partial charge on any atom is -0.313 e. The lowest BCUT2D eigenvalue weighted by Gasteiger charge is -2.23. The Morgan fingerprint density at radius 1 is 1.04 bits per heavy atom. The SMILES string of the molecule is CCN(C(=O)CCN(C)CCc1ccncc1)c1ccccc1. The molecule has 23 heavy (non-hydrogen) atoms. The van der Waals surface area contributed by atoms with Crippen molar-refractivity contribution >= 4 is 11.6 Å². The molecule has 1 amide bonds. The van der Waals surface area contributed by atoms with Gasteiger partial charge in [-0.1, -0.05) is 18.2 Å². The minimum atomic E-state index is 0.175. The Morgan fingerprint density at radius 3 is 2.39 bits per heavy atom. The van der Waals surface area contributed by atoms with Crippen LogP contribution in [0.25, 0.3) is 0 Å². The Hall–Kier alpha value is -2.20. The summed E-state index contributed by atoms with van der Waals surface area (Å²) in [6, 6.07) is 13.9. The molecule has 4 nitrogen and oxygen atoms in total. The van der Waals surface area contributed by atoms with Crippen LogP contribution in [-0.4, -0.2) is 42.5 Å². The molecule has 0 fully saturated rings. The summed E-state index contributed by atoms with van der Waals surface area (Å²) in [4.78, 5) is 20.5. The fourth-order valence-electron chi connectivity index (χ4n) is 2.51. The fourth-order valence-corrected chi connectivity index (χ4v) is 2.51. The van der Waals surface area contributed by atoms with Crippen molar-refractivity contribution in [1.82, 2.24) is 9.88 Å². The van der Waals surface area contributed by atoms with E-state index in [0.717, 1.165) is 25.2 Å². The molecular formula is C19H25N3O. The molecule has 1 heterocycles. The molecule has 122 valence electrons. The van der Waals surface area contributed by atoms with Crippen molar-refractivity contribution in [1.29, 1.82) is 0 Å². The quantitative estimate of drug-likeness (QED) is 0.752. The van der Waals surface area contributed by atoms with Gasteiger partial charge >= 0.3 is 0 Å². The van der Waals surface area contributed by atoms with Crippen molar-refractivity contribution < 1.29 is 4.79 Å². The smallest absolute Gasteiger partial charge is 0.228 e. The van der Waals surface area contributed by atoms with Gasteiger partial charge in [-0.2, -0.15) is 0 Å². The molecular weight excluding hydrogens is 286 g/mol. The molecule has 0 saturated carbocycles. The first-order chi connectivity index (χ1) is 11.2. The van der Waals surface area contributed by atoms with Crippen LogP contribution in [0.15, 0.2) is 54.9 Å². The van der Waals surface area contributed by atoms with E-state index < -0.39 is 0 Å². The molecule has 1 aromatic heterocycles. The van der Waals surface area contributed by atoms with Crippen LogP contribution >= 0.6 is 0 Å². The number of carbonyl (C=O) groups excluding carboxylic acids is 1. The van der Waals surface area contributed by atoms with Crippen LogP contribution in [0.4, 0.5) is 5.69 Å². The summed E-state index contributed by atoms with van der Waals surface area (Å²) in [5.41, 5.74) is 2.25. The summed E-state index contributed by atoms with van der Waals surface area (Å²) < 4.78 is 0. The molecule has 0 N–H and O–H groups in total. The van der Waals surface area contributed by atoms with Gasteiger partial charge in [-0.15, -0.1) is 0 Å². The van der Waals surface area contributed by atoms with Crippen molar-refractivity contribution in [2.75, 3.05) is 31.6 Å². The molecule has 0 spiro atoms. The number of para-hydroxylation sites is 1. The third-order valence-electron chi connectivity index (χ3n) is 3.92. The zero-order chi connectivity index (χ0) is 16.5. The van der Waals surface area contributed by atoms with Crippen LogP contribution in [0, 0.1) is 0 Å². The molecule has 0 aliphatic rings. The van der Waals surface area contributed by atoms with Gasteiger partial charge in [0.25, 0.3) is 0 Å². The molecule has 2 aromatic rings. The Labute approximate surface area is 138 Å². The average Bonchev–Trinajstić information content (AvgIpc) is 2.60. The average molecular weight is 311 g/mol. The Kier molecular flexibility index (Phi) is 6.76. The molecule has 1 aromatic carbocycles. The highest BCUT2D eigenvalue weighted by Crippen LogP contribution is 2.14. The number of carbonyl (C=O) groups is 1. The number of likely N-dealkylation sites (N-methyl/N-ethyl adjacent to an activating group) is 1. The third-order valence-corrected chi connectivity index (χ3v) is 3.92. The zero-order valence-electron chi connectivity index (χ0n) is 14.0. The van der Waals surface area contributed by atoms with Crippen molar-refractivity contribution in [3.63, 3.8) is 0 Å². The number of hydrogen-bond donors (Lipinski definition) is 0. The molecule has 0 saturated heterocycles. The van der Waals surface area contributed by atoms with Crippen molar-refractivity contribution in [3.8, 4) is 0 Å². The predicted molar refractivity (Wildman–Crippen MR) is 94.5 cm³/mol. The van der Waals surface area contributed by atoms with Crippen LogP contribution in [0.3, 0.4) is 0 Å². The molecule has 0 atom stereocenters. The van der Waals surface area contributed by atoms with Crippen molar-refractivity contribution in [2.24, 2.45) is 0 Å². The number of hydrogen-bond acceptors (Lipinski definition) is 3. The summed E-state index contributed by atoms with van der Waals surface area (Å²) in [6.45, 7) is 4.42. The van der Waals surface area contributed by atoms with Gasteiger partial charge in [-0.05, 0) is 50.2 Å². The van der Waals surface area contributed by atoms with E-state index in [-0.39, 0.29) is 5.91 Å². The van der Waals surface area contributed by atoms with E-state index in [9.17, 15) is 4.79 Å². The second-order valence-corrected chi connectivity index (χ2v) is 5.63. The Morgan fingerprint density at radius 2 is 1.74 bits per heavy atom. The number of rotatable bonds is 8. The monoisotopic (exact) mass is 311 g/mol. The fraction of sp³-hybridized carbons (Fsp3) is 0.368. The first kappa shape index (κ1) is 17.2. The van der Waals surface area contributed by atoms with Gasteiger partial charge < -0.3 is 9.80 Å². The molecule has 0 unspecified atom stereocenters. The van der Waals surface area contributed by atoms with Crippen molar-refractivity contribution in [2.45, 2.75) is 19.8 Å². The lowest BCUT2D eigenvalue weighted by molar-refractivity contribution is -0.118. The van der Waals surface area contributed by atoms with Crippen LogP contribution in [0.1, 0.15) is 18.9 Å². The Bertz CT molecular complexity index is 586. The number of amides is 1. The summed E-state index contributed by atoms with van der Waals surface area (Å²) in [6.07, 6.45) is 5.15. The maximum absolute atomic E-state index is 12.4. The van der Waals surface area contributed by atoms with E-state index in [1.54, 1.807) is 0 Å². The molecule has 4 heteroatoms. The third kappa shape index (κ3) is 5.49. The predicted octanol–water partition coefficient (Wildman–Crippen LogP) is 3.00. The van der Waals surface area contributed by atoms with Crippen molar-refractivity contribution in [3.05, 3.63) is 60.4 Å². The number of anilines is 1. The van der Waals surface area contributed by atoms with Gasteiger partial charge in [-0.3, -0.25) is 9.78 Å². The Balaban J connectivity index is 1.78. The molecule has 0 bridgehead atoms. The number of aromatic nitrogens is 1. The van der Waals surface area contributed by atoms with Crippen LogP contribution in [-0.2, 0) is 11.2 Å². The maximum Gasteiger partial charge on any atom is 0.228 e. The summed E-state index contributed by atoms with van der Waals surface area (Å²) in [7, 11) is 2.06. The van der Waals surface area contributed by atoms with Gasteiger partial charge in [0.1, 0.15) is 0 Å². The van der Waals surface area contributed by atoms with E-state index in [1.807, 2.05) is 66.7 Å². The summed E-state index contributed by atoms with van der Waals surface area (Å²) in [5.74, 6) is 0.175. The van der Waals surface area contributed by atoms with Gasteiger partial charge in [-0.25, -0.2) is 0 Å². The largest absolute Gasteiger partial charge is 0.313 e. The second-order valence-electron chi connectivity index (χ2n) is 5.63. The van der Waals surface area contributed by atoms with Crippen LogP contribution in [0.2, 0.25) is 0 Å². The number of benzene rings is 1.